The highest BCUT2D eigenvalue weighted by Gasteiger charge is 2.19. The summed E-state index contributed by atoms with van der Waals surface area (Å²) in [4.78, 5) is 11.8. The molecule has 6 heteroatoms. The van der Waals surface area contributed by atoms with Gasteiger partial charge in [0.1, 0.15) is 5.82 Å². The minimum Gasteiger partial charge on any atom is -0.461 e. The van der Waals surface area contributed by atoms with Gasteiger partial charge in [0, 0.05) is 5.56 Å². The second kappa shape index (κ2) is 6.09. The first-order chi connectivity index (χ1) is 10.1. The number of hydrogen-bond donors (Lipinski definition) is 1. The van der Waals surface area contributed by atoms with Gasteiger partial charge in [-0.2, -0.15) is 10.4 Å². The van der Waals surface area contributed by atoms with Gasteiger partial charge in [-0.3, -0.25) is 0 Å². The summed E-state index contributed by atoms with van der Waals surface area (Å²) in [6, 6.07) is 9.33. The van der Waals surface area contributed by atoms with Crippen LogP contribution in [0.1, 0.15) is 34.1 Å². The van der Waals surface area contributed by atoms with Crippen LogP contribution in [-0.2, 0) is 11.3 Å². The second-order valence-electron chi connectivity index (χ2n) is 4.51. The first-order valence-electron chi connectivity index (χ1n) is 6.56. The Kier molecular flexibility index (Phi) is 4.24. The Balaban J connectivity index is 2.36. The van der Waals surface area contributed by atoms with E-state index in [9.17, 15) is 4.79 Å². The standard InChI is InChI=1S/C15H16N4O2/c1-3-21-15(20)13-10(2)14(17)19(18-13)9-12-7-5-4-6-11(12)8-16/h4-7H,3,9,17H2,1-2H3. The van der Waals surface area contributed by atoms with Gasteiger partial charge in [-0.05, 0) is 25.5 Å². The minimum atomic E-state index is -0.492. The van der Waals surface area contributed by atoms with E-state index in [-0.39, 0.29) is 12.3 Å². The summed E-state index contributed by atoms with van der Waals surface area (Å²) >= 11 is 0. The fourth-order valence-corrected chi connectivity index (χ4v) is 2.01. The molecule has 0 aliphatic rings. The average Bonchev–Trinajstić information content (AvgIpc) is 2.76. The number of nitriles is 1. The van der Waals surface area contributed by atoms with Crippen molar-refractivity contribution in [3.8, 4) is 6.07 Å². The van der Waals surface area contributed by atoms with Gasteiger partial charge in [0.2, 0.25) is 0 Å². The summed E-state index contributed by atoms with van der Waals surface area (Å²) < 4.78 is 6.46. The molecule has 0 atom stereocenters. The maximum absolute atomic E-state index is 11.8. The molecular weight excluding hydrogens is 268 g/mol. The number of anilines is 1. The summed E-state index contributed by atoms with van der Waals surface area (Å²) in [6.07, 6.45) is 0. The topological polar surface area (TPSA) is 93.9 Å². The van der Waals surface area contributed by atoms with Gasteiger partial charge in [-0.15, -0.1) is 0 Å². The third-order valence-electron chi connectivity index (χ3n) is 3.16. The SMILES string of the molecule is CCOC(=O)c1nn(Cc2ccccc2C#N)c(N)c1C. The van der Waals surface area contributed by atoms with Gasteiger partial charge in [0.05, 0.1) is 24.8 Å². The lowest BCUT2D eigenvalue weighted by Crippen LogP contribution is -2.09. The zero-order valence-corrected chi connectivity index (χ0v) is 12.0. The Hall–Kier alpha value is -2.81. The number of carbonyl (C=O) groups is 1. The first-order valence-corrected chi connectivity index (χ1v) is 6.56. The molecule has 2 N–H and O–H groups in total. The Bertz CT molecular complexity index is 713. The fourth-order valence-electron chi connectivity index (χ4n) is 2.01. The Morgan fingerprint density at radius 3 is 2.86 bits per heavy atom. The van der Waals surface area contributed by atoms with E-state index >= 15 is 0 Å². The molecule has 0 aliphatic carbocycles. The molecule has 0 bridgehead atoms. The molecule has 6 nitrogen and oxygen atoms in total. The molecule has 0 radical (unpaired) electrons. The lowest BCUT2D eigenvalue weighted by Gasteiger charge is -2.06. The number of esters is 1. The molecule has 21 heavy (non-hydrogen) atoms. The van der Waals surface area contributed by atoms with Crippen LogP contribution in [0, 0.1) is 18.3 Å². The zero-order chi connectivity index (χ0) is 15.4. The summed E-state index contributed by atoms with van der Waals surface area (Å²) in [5.41, 5.74) is 8.14. The van der Waals surface area contributed by atoms with Crippen LogP contribution in [0.2, 0.25) is 0 Å². The lowest BCUT2D eigenvalue weighted by molar-refractivity contribution is 0.0517. The van der Waals surface area contributed by atoms with E-state index in [2.05, 4.69) is 11.2 Å². The maximum atomic E-state index is 11.8. The number of nitrogen functional groups attached to an aromatic ring is 1. The molecule has 1 heterocycles. The number of carbonyl (C=O) groups excluding carboxylic acids is 1. The predicted octanol–water partition coefficient (Wildman–Crippen LogP) is 1.87. The summed E-state index contributed by atoms with van der Waals surface area (Å²) in [5.74, 6) is -0.0974. The predicted molar refractivity (Wildman–Crippen MR) is 77.6 cm³/mol. The maximum Gasteiger partial charge on any atom is 0.359 e. The molecule has 0 fully saturated rings. The quantitative estimate of drug-likeness (QED) is 0.865. The van der Waals surface area contributed by atoms with Crippen molar-refractivity contribution < 1.29 is 9.53 Å². The summed E-state index contributed by atoms with van der Waals surface area (Å²) in [7, 11) is 0. The molecule has 2 aromatic rings. The highest BCUT2D eigenvalue weighted by Crippen LogP contribution is 2.19. The van der Waals surface area contributed by atoms with Crippen LogP contribution in [0.3, 0.4) is 0 Å². The van der Waals surface area contributed by atoms with Crippen molar-refractivity contribution in [2.45, 2.75) is 20.4 Å². The van der Waals surface area contributed by atoms with E-state index in [0.717, 1.165) is 5.56 Å². The molecule has 0 unspecified atom stereocenters. The van der Waals surface area contributed by atoms with Gasteiger partial charge in [-0.25, -0.2) is 9.48 Å². The van der Waals surface area contributed by atoms with Crippen LogP contribution in [-0.4, -0.2) is 22.4 Å². The number of nitrogens with zero attached hydrogens (tertiary/aromatic N) is 3. The molecule has 1 aromatic heterocycles. The van der Waals surface area contributed by atoms with Gasteiger partial charge >= 0.3 is 5.97 Å². The average molecular weight is 284 g/mol. The smallest absolute Gasteiger partial charge is 0.359 e. The fraction of sp³-hybridized carbons (Fsp3) is 0.267. The van der Waals surface area contributed by atoms with Crippen LogP contribution in [0.4, 0.5) is 5.82 Å². The third kappa shape index (κ3) is 2.87. The normalized spacial score (nSPS) is 10.1. The zero-order valence-electron chi connectivity index (χ0n) is 12.0. The number of ether oxygens (including phenoxy) is 1. The molecule has 108 valence electrons. The van der Waals surface area contributed by atoms with Crippen LogP contribution in [0.25, 0.3) is 0 Å². The molecule has 2 rings (SSSR count). The Morgan fingerprint density at radius 1 is 1.48 bits per heavy atom. The van der Waals surface area contributed by atoms with E-state index in [1.165, 1.54) is 4.68 Å². The van der Waals surface area contributed by atoms with Crippen molar-refractivity contribution in [3.05, 3.63) is 46.6 Å². The van der Waals surface area contributed by atoms with Gasteiger partial charge in [0.15, 0.2) is 5.69 Å². The molecule has 0 spiro atoms. The van der Waals surface area contributed by atoms with Crippen LogP contribution in [0.5, 0.6) is 0 Å². The Morgan fingerprint density at radius 2 is 2.19 bits per heavy atom. The van der Waals surface area contributed by atoms with E-state index in [1.807, 2.05) is 12.1 Å². The first kappa shape index (κ1) is 14.6. The van der Waals surface area contributed by atoms with E-state index < -0.39 is 5.97 Å². The number of aromatic nitrogens is 2. The Labute approximate surface area is 122 Å². The molecule has 0 amide bonds. The number of benzene rings is 1. The second-order valence-corrected chi connectivity index (χ2v) is 4.51. The largest absolute Gasteiger partial charge is 0.461 e. The van der Waals surface area contributed by atoms with Crippen molar-refractivity contribution in [1.82, 2.24) is 9.78 Å². The van der Waals surface area contributed by atoms with Crippen molar-refractivity contribution in [2.24, 2.45) is 0 Å². The highest BCUT2D eigenvalue weighted by atomic mass is 16.5. The van der Waals surface area contributed by atoms with Crippen molar-refractivity contribution >= 4 is 11.8 Å². The lowest BCUT2D eigenvalue weighted by atomic mass is 10.1. The van der Waals surface area contributed by atoms with E-state index in [4.69, 9.17) is 15.7 Å². The molecular formula is C15H16N4O2. The van der Waals surface area contributed by atoms with Crippen LogP contribution >= 0.6 is 0 Å². The van der Waals surface area contributed by atoms with Crippen molar-refractivity contribution in [2.75, 3.05) is 12.3 Å². The molecule has 0 saturated carbocycles. The minimum absolute atomic E-state index is 0.212. The van der Waals surface area contributed by atoms with E-state index in [1.54, 1.807) is 26.0 Å². The van der Waals surface area contributed by atoms with Gasteiger partial charge < -0.3 is 10.5 Å². The summed E-state index contributed by atoms with van der Waals surface area (Å²) in [5, 5.41) is 13.3. The van der Waals surface area contributed by atoms with Crippen LogP contribution in [0.15, 0.2) is 24.3 Å². The van der Waals surface area contributed by atoms with Crippen molar-refractivity contribution in [3.63, 3.8) is 0 Å². The van der Waals surface area contributed by atoms with Crippen molar-refractivity contribution in [1.29, 1.82) is 5.26 Å². The monoisotopic (exact) mass is 284 g/mol. The van der Waals surface area contributed by atoms with E-state index in [0.29, 0.717) is 23.5 Å². The van der Waals surface area contributed by atoms with Gasteiger partial charge in [-0.1, -0.05) is 18.2 Å². The van der Waals surface area contributed by atoms with Gasteiger partial charge in [0.25, 0.3) is 0 Å². The molecule has 0 saturated heterocycles. The third-order valence-corrected chi connectivity index (χ3v) is 3.16. The molecule has 0 aliphatic heterocycles. The number of hydrogen-bond acceptors (Lipinski definition) is 5. The molecule has 1 aromatic carbocycles. The highest BCUT2D eigenvalue weighted by molar-refractivity contribution is 5.90. The number of nitrogens with two attached hydrogens (primary N) is 1. The summed E-state index contributed by atoms with van der Waals surface area (Å²) in [6.45, 7) is 4.07. The number of rotatable bonds is 4. The van der Waals surface area contributed by atoms with Crippen LogP contribution < -0.4 is 5.73 Å².